The maximum atomic E-state index is 13.1. The first-order chi connectivity index (χ1) is 8.63. The van der Waals surface area contributed by atoms with Gasteiger partial charge in [0.15, 0.2) is 0 Å². The number of nitrogens with one attached hydrogen (secondary N) is 2. The summed E-state index contributed by atoms with van der Waals surface area (Å²) in [6, 6.07) is 5.34. The SMILES string of the molecule is O=C(Nc1ccc(F)c(Br)c1)C1CC2CCC1N2. The van der Waals surface area contributed by atoms with Crippen molar-refractivity contribution >= 4 is 27.5 Å². The highest BCUT2D eigenvalue weighted by molar-refractivity contribution is 9.10. The van der Waals surface area contributed by atoms with E-state index in [-0.39, 0.29) is 17.6 Å². The van der Waals surface area contributed by atoms with Gasteiger partial charge in [0.2, 0.25) is 5.91 Å². The Labute approximate surface area is 113 Å². The maximum Gasteiger partial charge on any atom is 0.229 e. The monoisotopic (exact) mass is 312 g/mol. The van der Waals surface area contributed by atoms with Gasteiger partial charge in [0.25, 0.3) is 0 Å². The molecule has 2 fully saturated rings. The molecule has 1 aromatic rings. The van der Waals surface area contributed by atoms with Crippen LogP contribution in [0.3, 0.4) is 0 Å². The Hall–Kier alpha value is -0.940. The fourth-order valence-corrected chi connectivity index (χ4v) is 3.30. The van der Waals surface area contributed by atoms with E-state index in [0.29, 0.717) is 22.2 Å². The summed E-state index contributed by atoms with van der Waals surface area (Å²) in [6.45, 7) is 0. The first-order valence-corrected chi connectivity index (χ1v) is 6.95. The minimum Gasteiger partial charge on any atom is -0.326 e. The molecule has 0 saturated carbocycles. The lowest BCUT2D eigenvalue weighted by Gasteiger charge is -2.19. The van der Waals surface area contributed by atoms with Gasteiger partial charge in [-0.25, -0.2) is 4.39 Å². The normalized spacial score (nSPS) is 29.6. The Bertz CT molecular complexity index is 494. The van der Waals surface area contributed by atoms with Crippen molar-refractivity contribution in [3.05, 3.63) is 28.5 Å². The first kappa shape index (κ1) is 12.1. The fourth-order valence-electron chi connectivity index (χ4n) is 2.92. The van der Waals surface area contributed by atoms with E-state index in [1.807, 2.05) is 0 Å². The van der Waals surface area contributed by atoms with E-state index in [9.17, 15) is 9.18 Å². The molecule has 0 aromatic heterocycles. The van der Waals surface area contributed by atoms with Crippen molar-refractivity contribution in [2.24, 2.45) is 5.92 Å². The summed E-state index contributed by atoms with van der Waals surface area (Å²) in [5.74, 6) is -0.240. The van der Waals surface area contributed by atoms with Crippen molar-refractivity contribution in [2.45, 2.75) is 31.3 Å². The Morgan fingerprint density at radius 2 is 2.28 bits per heavy atom. The summed E-state index contributed by atoms with van der Waals surface area (Å²) in [5, 5.41) is 6.30. The van der Waals surface area contributed by atoms with Crippen molar-refractivity contribution in [2.75, 3.05) is 5.32 Å². The molecule has 0 spiro atoms. The quantitative estimate of drug-likeness (QED) is 0.881. The van der Waals surface area contributed by atoms with Crippen LogP contribution in [-0.2, 0) is 4.79 Å². The molecule has 96 valence electrons. The van der Waals surface area contributed by atoms with Crippen molar-refractivity contribution in [1.29, 1.82) is 0 Å². The van der Waals surface area contributed by atoms with Crippen molar-refractivity contribution < 1.29 is 9.18 Å². The van der Waals surface area contributed by atoms with Gasteiger partial charge >= 0.3 is 0 Å². The van der Waals surface area contributed by atoms with Gasteiger partial charge in [-0.3, -0.25) is 4.79 Å². The van der Waals surface area contributed by atoms with Crippen LogP contribution in [0.15, 0.2) is 22.7 Å². The first-order valence-electron chi connectivity index (χ1n) is 6.15. The van der Waals surface area contributed by atoms with E-state index in [4.69, 9.17) is 0 Å². The van der Waals surface area contributed by atoms with Gasteiger partial charge in [-0.05, 0) is 53.4 Å². The summed E-state index contributed by atoms with van der Waals surface area (Å²) in [7, 11) is 0. The van der Waals surface area contributed by atoms with Crippen LogP contribution in [0.4, 0.5) is 10.1 Å². The lowest BCUT2D eigenvalue weighted by Crippen LogP contribution is -2.32. The highest BCUT2D eigenvalue weighted by Crippen LogP contribution is 2.34. The van der Waals surface area contributed by atoms with Gasteiger partial charge in [-0.15, -0.1) is 0 Å². The van der Waals surface area contributed by atoms with E-state index < -0.39 is 0 Å². The fraction of sp³-hybridized carbons (Fsp3) is 0.462. The third kappa shape index (κ3) is 2.17. The number of benzene rings is 1. The number of carbonyl (C=O) groups is 1. The lowest BCUT2D eigenvalue weighted by atomic mass is 9.88. The van der Waals surface area contributed by atoms with Crippen molar-refractivity contribution in [3.63, 3.8) is 0 Å². The highest BCUT2D eigenvalue weighted by Gasteiger charge is 2.42. The molecule has 2 N–H and O–H groups in total. The molecule has 0 aliphatic carbocycles. The average Bonchev–Trinajstić information content (AvgIpc) is 2.96. The Kier molecular flexibility index (Phi) is 3.11. The average molecular weight is 313 g/mol. The smallest absolute Gasteiger partial charge is 0.229 e. The number of hydrogen-bond donors (Lipinski definition) is 2. The molecule has 2 aliphatic rings. The van der Waals surface area contributed by atoms with Gasteiger partial charge in [0.1, 0.15) is 5.82 Å². The maximum absolute atomic E-state index is 13.1. The zero-order chi connectivity index (χ0) is 12.7. The topological polar surface area (TPSA) is 41.1 Å². The number of fused-ring (bicyclic) bond motifs is 2. The van der Waals surface area contributed by atoms with Crippen LogP contribution >= 0.6 is 15.9 Å². The van der Waals surface area contributed by atoms with Gasteiger partial charge in [-0.2, -0.15) is 0 Å². The van der Waals surface area contributed by atoms with Gasteiger partial charge in [-0.1, -0.05) is 0 Å². The van der Waals surface area contributed by atoms with Crippen LogP contribution in [-0.4, -0.2) is 18.0 Å². The molecule has 1 amide bonds. The van der Waals surface area contributed by atoms with Crippen LogP contribution < -0.4 is 10.6 Å². The van der Waals surface area contributed by atoms with E-state index in [1.54, 1.807) is 12.1 Å². The highest BCUT2D eigenvalue weighted by atomic mass is 79.9. The molecule has 3 nitrogen and oxygen atoms in total. The molecule has 2 aliphatic heterocycles. The van der Waals surface area contributed by atoms with E-state index in [2.05, 4.69) is 26.6 Å². The second-order valence-corrected chi connectivity index (χ2v) is 5.86. The van der Waals surface area contributed by atoms with Gasteiger partial charge < -0.3 is 10.6 Å². The summed E-state index contributed by atoms with van der Waals surface area (Å²) in [5.41, 5.74) is 0.635. The largest absolute Gasteiger partial charge is 0.326 e. The number of hydrogen-bond acceptors (Lipinski definition) is 2. The molecule has 3 rings (SSSR count). The zero-order valence-electron chi connectivity index (χ0n) is 9.75. The number of halogens is 2. The Morgan fingerprint density at radius 1 is 1.44 bits per heavy atom. The summed E-state index contributed by atoms with van der Waals surface area (Å²) in [6.07, 6.45) is 3.17. The Balaban J connectivity index is 1.69. The minimum atomic E-state index is -0.324. The van der Waals surface area contributed by atoms with Gasteiger partial charge in [0.05, 0.1) is 10.4 Å². The molecule has 2 saturated heterocycles. The van der Waals surface area contributed by atoms with Crippen LogP contribution in [0.1, 0.15) is 19.3 Å². The molecule has 2 bridgehead atoms. The number of carbonyl (C=O) groups excluding carboxylic acids is 1. The third-order valence-corrected chi connectivity index (χ3v) is 4.43. The molecule has 2 heterocycles. The molecular formula is C13H14BrFN2O. The predicted molar refractivity (Wildman–Crippen MR) is 70.8 cm³/mol. The molecule has 18 heavy (non-hydrogen) atoms. The van der Waals surface area contributed by atoms with E-state index >= 15 is 0 Å². The van der Waals surface area contributed by atoms with E-state index in [0.717, 1.165) is 12.8 Å². The second-order valence-electron chi connectivity index (χ2n) is 5.01. The number of anilines is 1. The third-order valence-electron chi connectivity index (χ3n) is 3.82. The predicted octanol–water partition coefficient (Wildman–Crippen LogP) is 2.67. The van der Waals surface area contributed by atoms with Crippen LogP contribution in [0.25, 0.3) is 0 Å². The van der Waals surface area contributed by atoms with Crippen molar-refractivity contribution in [1.82, 2.24) is 5.32 Å². The number of rotatable bonds is 2. The second kappa shape index (κ2) is 4.63. The summed E-state index contributed by atoms with van der Waals surface area (Å²) < 4.78 is 13.5. The molecule has 1 aromatic carbocycles. The van der Waals surface area contributed by atoms with Crippen LogP contribution in [0, 0.1) is 11.7 Å². The molecule has 5 heteroatoms. The van der Waals surface area contributed by atoms with E-state index in [1.165, 1.54) is 12.5 Å². The molecule has 3 unspecified atom stereocenters. The molecule has 3 atom stereocenters. The minimum absolute atomic E-state index is 0.0354. The van der Waals surface area contributed by atoms with Crippen LogP contribution in [0.2, 0.25) is 0 Å². The zero-order valence-corrected chi connectivity index (χ0v) is 11.3. The lowest BCUT2D eigenvalue weighted by molar-refractivity contribution is -0.120. The molecule has 0 radical (unpaired) electrons. The molecular weight excluding hydrogens is 299 g/mol. The van der Waals surface area contributed by atoms with Crippen molar-refractivity contribution in [3.8, 4) is 0 Å². The van der Waals surface area contributed by atoms with Crippen LogP contribution in [0.5, 0.6) is 0 Å². The number of amides is 1. The summed E-state index contributed by atoms with van der Waals surface area (Å²) in [4.78, 5) is 12.1. The van der Waals surface area contributed by atoms with Gasteiger partial charge in [0, 0.05) is 17.8 Å². The Morgan fingerprint density at radius 3 is 2.89 bits per heavy atom. The summed E-state index contributed by atoms with van der Waals surface area (Å²) >= 11 is 3.11. The standard InChI is InChI=1S/C13H14BrFN2O/c14-10-6-8(1-3-11(10)15)17-13(18)9-5-7-2-4-12(9)16-7/h1,3,6-7,9,12,16H,2,4-5H2,(H,17,18).